The first-order chi connectivity index (χ1) is 12.3. The maximum absolute atomic E-state index is 12.9. The third-order valence-electron chi connectivity index (χ3n) is 3.38. The highest BCUT2D eigenvalue weighted by molar-refractivity contribution is 6.36. The Kier molecular flexibility index (Phi) is 6.71. The fourth-order valence-electron chi connectivity index (χ4n) is 2.06. The van der Waals surface area contributed by atoms with Crippen LogP contribution in [-0.2, 0) is 9.53 Å². The lowest BCUT2D eigenvalue weighted by atomic mass is 10.1. The Labute approximate surface area is 159 Å². The molecule has 0 saturated carbocycles. The molecular formula is C18H14Cl2FNO4. The molecule has 1 amide bonds. The minimum Gasteiger partial charge on any atom is -0.453 e. The topological polar surface area (TPSA) is 72.5 Å². The smallest absolute Gasteiger partial charge is 0.326 e. The van der Waals surface area contributed by atoms with E-state index in [4.69, 9.17) is 27.9 Å². The summed E-state index contributed by atoms with van der Waals surface area (Å²) in [7, 11) is 0. The second-order valence-corrected chi connectivity index (χ2v) is 6.15. The number of halogens is 3. The Morgan fingerprint density at radius 3 is 2.38 bits per heavy atom. The van der Waals surface area contributed by atoms with Crippen LogP contribution in [-0.4, -0.2) is 30.3 Å². The number of benzene rings is 2. The van der Waals surface area contributed by atoms with E-state index >= 15 is 0 Å². The van der Waals surface area contributed by atoms with Gasteiger partial charge in [0.25, 0.3) is 5.91 Å². The normalized spacial score (nSPS) is 11.5. The molecule has 0 saturated heterocycles. The van der Waals surface area contributed by atoms with Crippen LogP contribution in [0.5, 0.6) is 0 Å². The van der Waals surface area contributed by atoms with Crippen LogP contribution >= 0.6 is 23.2 Å². The quantitative estimate of drug-likeness (QED) is 0.595. The number of hydrogen-bond donors (Lipinski definition) is 1. The molecule has 0 unspecified atom stereocenters. The molecule has 1 N–H and O–H groups in total. The molecule has 2 aromatic carbocycles. The number of Topliss-reactive ketones (excluding diaryl/α,β-unsaturated/α-hetero) is 1. The number of ether oxygens (including phenoxy) is 1. The SMILES string of the molecule is C[C@@H](OC(=O)CNC(=O)c1ccc(Cl)cc1Cl)C(=O)c1ccc(F)cc1. The molecular weight excluding hydrogens is 384 g/mol. The van der Waals surface area contributed by atoms with Crippen molar-refractivity contribution in [2.75, 3.05) is 6.54 Å². The van der Waals surface area contributed by atoms with Gasteiger partial charge in [0.2, 0.25) is 5.78 Å². The van der Waals surface area contributed by atoms with Gasteiger partial charge in [0.05, 0.1) is 10.6 Å². The zero-order valence-corrected chi connectivity index (χ0v) is 15.1. The number of carbonyl (C=O) groups is 3. The van der Waals surface area contributed by atoms with Crippen molar-refractivity contribution in [2.24, 2.45) is 0 Å². The first-order valence-corrected chi connectivity index (χ1v) is 8.26. The molecule has 1 atom stereocenters. The first-order valence-electron chi connectivity index (χ1n) is 7.50. The average Bonchev–Trinajstić information content (AvgIpc) is 2.59. The number of ketones is 1. The van der Waals surface area contributed by atoms with Crippen LogP contribution in [0, 0.1) is 5.82 Å². The van der Waals surface area contributed by atoms with E-state index in [9.17, 15) is 18.8 Å². The van der Waals surface area contributed by atoms with Crippen LogP contribution in [0.2, 0.25) is 10.0 Å². The van der Waals surface area contributed by atoms with E-state index in [1.807, 2.05) is 0 Å². The Hall–Kier alpha value is -2.44. The second-order valence-electron chi connectivity index (χ2n) is 5.31. The van der Waals surface area contributed by atoms with Gasteiger partial charge < -0.3 is 10.1 Å². The van der Waals surface area contributed by atoms with Crippen molar-refractivity contribution in [1.29, 1.82) is 0 Å². The van der Waals surface area contributed by atoms with Crippen LogP contribution in [0.15, 0.2) is 42.5 Å². The third-order valence-corrected chi connectivity index (χ3v) is 3.92. The predicted molar refractivity (Wildman–Crippen MR) is 95.1 cm³/mol. The highest BCUT2D eigenvalue weighted by Gasteiger charge is 2.20. The Morgan fingerprint density at radius 1 is 1.12 bits per heavy atom. The maximum Gasteiger partial charge on any atom is 0.326 e. The standard InChI is InChI=1S/C18H14Cl2FNO4/c1-10(17(24)11-2-5-13(21)6-3-11)26-16(23)9-22-18(25)14-7-4-12(19)8-15(14)20/h2-8,10H,9H2,1H3,(H,22,25)/t10-/m1/s1. The van der Waals surface area contributed by atoms with E-state index < -0.39 is 36.1 Å². The summed E-state index contributed by atoms with van der Waals surface area (Å²) in [6, 6.07) is 9.18. The highest BCUT2D eigenvalue weighted by Crippen LogP contribution is 2.20. The molecule has 2 aromatic rings. The summed E-state index contributed by atoms with van der Waals surface area (Å²) < 4.78 is 17.9. The van der Waals surface area contributed by atoms with Gasteiger partial charge in [-0.1, -0.05) is 23.2 Å². The van der Waals surface area contributed by atoms with Crippen LogP contribution < -0.4 is 5.32 Å². The fraction of sp³-hybridized carbons (Fsp3) is 0.167. The van der Waals surface area contributed by atoms with Crippen molar-refractivity contribution >= 4 is 40.9 Å². The minimum absolute atomic E-state index is 0.142. The minimum atomic E-state index is -1.08. The molecule has 0 spiro atoms. The lowest BCUT2D eigenvalue weighted by molar-refractivity contribution is -0.145. The summed E-state index contributed by atoms with van der Waals surface area (Å²) in [6.45, 7) is 0.945. The summed E-state index contributed by atoms with van der Waals surface area (Å²) in [4.78, 5) is 35.9. The Balaban J connectivity index is 1.88. The maximum atomic E-state index is 12.9. The van der Waals surface area contributed by atoms with Gasteiger partial charge in [0.15, 0.2) is 6.10 Å². The molecule has 0 heterocycles. The summed E-state index contributed by atoms with van der Waals surface area (Å²) in [5, 5.41) is 2.86. The highest BCUT2D eigenvalue weighted by atomic mass is 35.5. The van der Waals surface area contributed by atoms with Gasteiger partial charge in [-0.25, -0.2) is 4.39 Å². The van der Waals surface area contributed by atoms with Crippen LogP contribution in [0.1, 0.15) is 27.6 Å². The molecule has 0 fully saturated rings. The second kappa shape index (κ2) is 8.78. The van der Waals surface area contributed by atoms with Gasteiger partial charge in [0.1, 0.15) is 12.4 Å². The van der Waals surface area contributed by atoms with Gasteiger partial charge in [-0.15, -0.1) is 0 Å². The summed E-state index contributed by atoms with van der Waals surface area (Å²) in [5.74, 6) is -2.34. The van der Waals surface area contributed by atoms with Gasteiger partial charge in [-0.3, -0.25) is 14.4 Å². The molecule has 0 aliphatic heterocycles. The van der Waals surface area contributed by atoms with Crippen molar-refractivity contribution < 1.29 is 23.5 Å². The number of rotatable bonds is 6. The lowest BCUT2D eigenvalue weighted by Crippen LogP contribution is -2.34. The lowest BCUT2D eigenvalue weighted by Gasteiger charge is -2.13. The molecule has 0 aromatic heterocycles. The van der Waals surface area contributed by atoms with E-state index in [2.05, 4.69) is 5.32 Å². The molecule has 5 nitrogen and oxygen atoms in total. The van der Waals surface area contributed by atoms with E-state index in [1.165, 1.54) is 37.3 Å². The van der Waals surface area contributed by atoms with E-state index in [0.29, 0.717) is 5.02 Å². The Bertz CT molecular complexity index is 840. The first kappa shape index (κ1) is 19.9. The molecule has 0 aliphatic carbocycles. The molecule has 26 heavy (non-hydrogen) atoms. The molecule has 0 bridgehead atoms. The summed E-state index contributed by atoms with van der Waals surface area (Å²) in [6.07, 6.45) is -1.08. The van der Waals surface area contributed by atoms with Crippen molar-refractivity contribution in [2.45, 2.75) is 13.0 Å². The molecule has 2 rings (SSSR count). The number of hydrogen-bond acceptors (Lipinski definition) is 4. The number of amides is 1. The van der Waals surface area contributed by atoms with Gasteiger partial charge in [-0.2, -0.15) is 0 Å². The average molecular weight is 398 g/mol. The Morgan fingerprint density at radius 2 is 1.77 bits per heavy atom. The van der Waals surface area contributed by atoms with Crippen LogP contribution in [0.4, 0.5) is 4.39 Å². The number of carbonyl (C=O) groups excluding carboxylic acids is 3. The molecule has 0 radical (unpaired) electrons. The van der Waals surface area contributed by atoms with Crippen LogP contribution in [0.25, 0.3) is 0 Å². The monoisotopic (exact) mass is 397 g/mol. The summed E-state index contributed by atoms with van der Waals surface area (Å²) >= 11 is 11.7. The largest absolute Gasteiger partial charge is 0.453 e. The van der Waals surface area contributed by atoms with E-state index in [1.54, 1.807) is 0 Å². The van der Waals surface area contributed by atoms with E-state index in [-0.39, 0.29) is 16.1 Å². The third kappa shape index (κ3) is 5.28. The number of nitrogens with one attached hydrogen (secondary N) is 1. The van der Waals surface area contributed by atoms with Gasteiger partial charge in [-0.05, 0) is 49.4 Å². The number of esters is 1. The van der Waals surface area contributed by atoms with Gasteiger partial charge >= 0.3 is 5.97 Å². The fourth-order valence-corrected chi connectivity index (χ4v) is 2.56. The van der Waals surface area contributed by atoms with Crippen molar-refractivity contribution in [1.82, 2.24) is 5.32 Å². The predicted octanol–water partition coefficient (Wildman–Crippen LogP) is 3.68. The van der Waals surface area contributed by atoms with Crippen molar-refractivity contribution in [3.8, 4) is 0 Å². The van der Waals surface area contributed by atoms with Crippen molar-refractivity contribution in [3.63, 3.8) is 0 Å². The van der Waals surface area contributed by atoms with Crippen LogP contribution in [0.3, 0.4) is 0 Å². The molecule has 8 heteroatoms. The van der Waals surface area contributed by atoms with E-state index in [0.717, 1.165) is 12.1 Å². The zero-order valence-electron chi connectivity index (χ0n) is 13.6. The molecule has 136 valence electrons. The van der Waals surface area contributed by atoms with Crippen molar-refractivity contribution in [3.05, 3.63) is 69.5 Å². The summed E-state index contributed by atoms with van der Waals surface area (Å²) in [5.41, 5.74) is 0.364. The zero-order chi connectivity index (χ0) is 19.3. The van der Waals surface area contributed by atoms with Gasteiger partial charge in [0, 0.05) is 10.6 Å². The molecule has 0 aliphatic rings.